The monoisotopic (exact) mass is 318 g/mol. The normalized spacial score (nSPS) is 12.5. The number of hydrogen-bond acceptors (Lipinski definition) is 3. The van der Waals surface area contributed by atoms with E-state index in [1.807, 2.05) is 24.3 Å². The van der Waals surface area contributed by atoms with Crippen molar-refractivity contribution in [3.63, 3.8) is 0 Å². The van der Waals surface area contributed by atoms with Crippen LogP contribution in [0.5, 0.6) is 0 Å². The van der Waals surface area contributed by atoms with E-state index in [4.69, 9.17) is 11.6 Å². The molecule has 0 saturated heterocycles. The standard InChI is InChI=1S/C13H9ClO3S.K/c14-12-6-5-10-9-4-2-1-3-8(9)7-11(10)13(12)18(15,16)17;/h1-6H,7H2,(H,15,16,17);/q;+1/p-1. The fraction of sp³-hybridized carbons (Fsp3) is 0.0769. The third-order valence-electron chi connectivity index (χ3n) is 3.14. The van der Waals surface area contributed by atoms with E-state index in [1.54, 1.807) is 6.07 Å². The molecule has 0 spiro atoms. The molecule has 3 nitrogen and oxygen atoms in total. The Morgan fingerprint density at radius 3 is 2.42 bits per heavy atom. The van der Waals surface area contributed by atoms with Gasteiger partial charge in [-0.3, -0.25) is 0 Å². The zero-order valence-corrected chi connectivity index (χ0v) is 14.9. The second-order valence-electron chi connectivity index (χ2n) is 4.19. The molecule has 0 aliphatic heterocycles. The summed E-state index contributed by atoms with van der Waals surface area (Å²) in [5.74, 6) is 0. The zero-order chi connectivity index (χ0) is 12.9. The third kappa shape index (κ3) is 2.71. The summed E-state index contributed by atoms with van der Waals surface area (Å²) in [5, 5.41) is -0.00319. The van der Waals surface area contributed by atoms with Crippen LogP contribution in [0.25, 0.3) is 11.1 Å². The molecule has 0 unspecified atom stereocenters. The second kappa shape index (κ2) is 5.58. The maximum absolute atomic E-state index is 11.3. The Kier molecular flexibility index (Phi) is 4.60. The molecule has 19 heavy (non-hydrogen) atoms. The fourth-order valence-corrected chi connectivity index (χ4v) is 3.68. The number of hydrogen-bond donors (Lipinski definition) is 0. The van der Waals surface area contributed by atoms with Gasteiger partial charge in [0.05, 0.1) is 9.92 Å². The summed E-state index contributed by atoms with van der Waals surface area (Å²) >= 11 is 5.86. The van der Waals surface area contributed by atoms with Crippen LogP contribution in [0, 0.1) is 0 Å². The first-order chi connectivity index (χ1) is 8.48. The van der Waals surface area contributed by atoms with Crippen molar-refractivity contribution < 1.29 is 64.4 Å². The molecule has 0 radical (unpaired) electrons. The van der Waals surface area contributed by atoms with E-state index in [0.717, 1.165) is 16.7 Å². The van der Waals surface area contributed by atoms with Crippen LogP contribution < -0.4 is 51.4 Å². The smallest absolute Gasteiger partial charge is 0.744 e. The Balaban J connectivity index is 0.00000133. The molecule has 1 aliphatic rings. The van der Waals surface area contributed by atoms with Gasteiger partial charge in [-0.25, -0.2) is 8.42 Å². The van der Waals surface area contributed by atoms with Crippen molar-refractivity contribution >= 4 is 21.7 Å². The van der Waals surface area contributed by atoms with Crippen molar-refractivity contribution in [2.24, 2.45) is 0 Å². The van der Waals surface area contributed by atoms with Crippen molar-refractivity contribution in [3.8, 4) is 11.1 Å². The Morgan fingerprint density at radius 1 is 1.05 bits per heavy atom. The van der Waals surface area contributed by atoms with Gasteiger partial charge < -0.3 is 4.55 Å². The molecular weight excluding hydrogens is 311 g/mol. The largest absolute Gasteiger partial charge is 1.00 e. The van der Waals surface area contributed by atoms with Crippen LogP contribution in [0.15, 0.2) is 41.3 Å². The number of fused-ring (bicyclic) bond motifs is 3. The molecule has 1 aliphatic carbocycles. The molecule has 0 heterocycles. The maximum atomic E-state index is 11.3. The van der Waals surface area contributed by atoms with Crippen LogP contribution in [0.2, 0.25) is 5.02 Å². The Hall–Kier alpha value is 0.276. The van der Waals surface area contributed by atoms with E-state index in [0.29, 0.717) is 12.0 Å². The minimum atomic E-state index is -4.56. The molecule has 0 amide bonds. The van der Waals surface area contributed by atoms with Gasteiger partial charge in [-0.2, -0.15) is 0 Å². The molecular formula is C13H8ClKO3S. The predicted molar refractivity (Wildman–Crippen MR) is 67.7 cm³/mol. The van der Waals surface area contributed by atoms with Gasteiger partial charge in [0, 0.05) is 0 Å². The minimum Gasteiger partial charge on any atom is -0.744 e. The fourth-order valence-electron chi connectivity index (χ4n) is 2.43. The summed E-state index contributed by atoms with van der Waals surface area (Å²) in [4.78, 5) is -0.280. The van der Waals surface area contributed by atoms with E-state index in [2.05, 4.69) is 0 Å². The zero-order valence-electron chi connectivity index (χ0n) is 10.2. The van der Waals surface area contributed by atoms with Gasteiger partial charge in [0.2, 0.25) is 0 Å². The van der Waals surface area contributed by atoms with E-state index < -0.39 is 10.1 Å². The quantitative estimate of drug-likeness (QED) is 0.462. The van der Waals surface area contributed by atoms with Crippen molar-refractivity contribution in [1.82, 2.24) is 0 Å². The van der Waals surface area contributed by atoms with Crippen LogP contribution in [0.1, 0.15) is 11.1 Å². The molecule has 2 aromatic carbocycles. The van der Waals surface area contributed by atoms with Crippen molar-refractivity contribution in [3.05, 3.63) is 52.5 Å². The summed E-state index contributed by atoms with van der Waals surface area (Å²) in [6.45, 7) is 0. The molecule has 0 bridgehead atoms. The van der Waals surface area contributed by atoms with Gasteiger partial charge in [-0.15, -0.1) is 0 Å². The third-order valence-corrected chi connectivity index (χ3v) is 4.53. The van der Waals surface area contributed by atoms with Gasteiger partial charge in [-0.05, 0) is 34.7 Å². The number of benzene rings is 2. The average Bonchev–Trinajstić information content (AvgIpc) is 2.64. The molecule has 0 atom stereocenters. The molecule has 0 fully saturated rings. The van der Waals surface area contributed by atoms with E-state index in [-0.39, 0.29) is 61.3 Å². The molecule has 0 aromatic heterocycles. The molecule has 6 heteroatoms. The van der Waals surface area contributed by atoms with Gasteiger partial charge in [0.25, 0.3) is 0 Å². The van der Waals surface area contributed by atoms with Gasteiger partial charge in [-0.1, -0.05) is 41.9 Å². The molecule has 0 saturated carbocycles. The average molecular weight is 319 g/mol. The summed E-state index contributed by atoms with van der Waals surface area (Å²) in [5.41, 5.74) is 3.27. The summed E-state index contributed by atoms with van der Waals surface area (Å²) in [6.07, 6.45) is 0.433. The first-order valence-corrected chi connectivity index (χ1v) is 7.12. The van der Waals surface area contributed by atoms with E-state index in [1.165, 1.54) is 6.07 Å². The van der Waals surface area contributed by atoms with Crippen LogP contribution in [-0.4, -0.2) is 13.0 Å². The molecule has 2 aromatic rings. The first-order valence-electron chi connectivity index (χ1n) is 5.34. The number of rotatable bonds is 1. The van der Waals surface area contributed by atoms with Crippen LogP contribution in [0.3, 0.4) is 0 Å². The van der Waals surface area contributed by atoms with E-state index in [9.17, 15) is 13.0 Å². The SMILES string of the molecule is O=S(=O)([O-])c1c(Cl)ccc2c1Cc1ccccc1-2.[K+]. The molecule has 0 N–H and O–H groups in total. The maximum Gasteiger partial charge on any atom is 1.00 e. The Labute approximate surface area is 159 Å². The predicted octanol–water partition coefficient (Wildman–Crippen LogP) is -0.181. The minimum absolute atomic E-state index is 0. The Morgan fingerprint density at radius 2 is 1.74 bits per heavy atom. The summed E-state index contributed by atoms with van der Waals surface area (Å²) < 4.78 is 34.0. The second-order valence-corrected chi connectivity index (χ2v) is 5.91. The van der Waals surface area contributed by atoms with E-state index >= 15 is 0 Å². The van der Waals surface area contributed by atoms with Gasteiger partial charge >= 0.3 is 51.4 Å². The van der Waals surface area contributed by atoms with Crippen molar-refractivity contribution in [2.45, 2.75) is 11.3 Å². The summed E-state index contributed by atoms with van der Waals surface area (Å²) in [6, 6.07) is 10.8. The van der Waals surface area contributed by atoms with Crippen molar-refractivity contribution in [2.75, 3.05) is 0 Å². The first kappa shape index (κ1) is 15.7. The van der Waals surface area contributed by atoms with Gasteiger partial charge in [0.15, 0.2) is 0 Å². The summed E-state index contributed by atoms with van der Waals surface area (Å²) in [7, 11) is -4.56. The van der Waals surface area contributed by atoms with Crippen LogP contribution in [-0.2, 0) is 16.5 Å². The van der Waals surface area contributed by atoms with Crippen molar-refractivity contribution in [1.29, 1.82) is 0 Å². The molecule has 3 rings (SSSR count). The van der Waals surface area contributed by atoms with Crippen LogP contribution >= 0.6 is 11.6 Å². The molecule has 92 valence electrons. The Bertz CT molecular complexity index is 756. The van der Waals surface area contributed by atoms with Gasteiger partial charge in [0.1, 0.15) is 10.1 Å². The number of halogens is 1. The topological polar surface area (TPSA) is 57.2 Å². The van der Waals surface area contributed by atoms with Crippen LogP contribution in [0.4, 0.5) is 0 Å².